The number of benzene rings is 2. The van der Waals surface area contributed by atoms with Crippen molar-refractivity contribution < 1.29 is 33.0 Å². The van der Waals surface area contributed by atoms with Crippen molar-refractivity contribution in [3.8, 4) is 11.5 Å². The van der Waals surface area contributed by atoms with Gasteiger partial charge in [0.05, 0.1) is 18.5 Å². The molecule has 11 heteroatoms. The maximum Gasteiger partial charge on any atom is 0.344 e. The fourth-order valence-electron chi connectivity index (χ4n) is 3.68. The Morgan fingerprint density at radius 1 is 1.22 bits per heavy atom. The van der Waals surface area contributed by atoms with Crippen molar-refractivity contribution in [3.63, 3.8) is 0 Å². The van der Waals surface area contributed by atoms with E-state index in [-0.39, 0.29) is 25.6 Å². The Balaban J connectivity index is 1.40. The molecule has 1 N–H and O–H groups in total. The van der Waals surface area contributed by atoms with Crippen LogP contribution in [-0.4, -0.2) is 60.6 Å². The first-order valence-electron chi connectivity index (χ1n) is 11.3. The van der Waals surface area contributed by atoms with Crippen LogP contribution in [0.2, 0.25) is 0 Å². The first-order valence-corrected chi connectivity index (χ1v) is 11.3. The van der Waals surface area contributed by atoms with Crippen LogP contribution in [0.4, 0.5) is 14.9 Å². The maximum absolute atomic E-state index is 13.4. The number of amides is 2. The molecule has 0 saturated carbocycles. The predicted molar refractivity (Wildman–Crippen MR) is 127 cm³/mol. The minimum absolute atomic E-state index is 0.0949. The Hall–Kier alpha value is -4.41. The summed E-state index contributed by atoms with van der Waals surface area (Å²) in [7, 11) is 1.55. The van der Waals surface area contributed by atoms with Gasteiger partial charge >= 0.3 is 12.0 Å². The zero-order chi connectivity index (χ0) is 25.7. The average Bonchev–Trinajstić information content (AvgIpc) is 3.29. The molecule has 0 spiro atoms. The molecule has 10 nitrogen and oxygen atoms in total. The summed E-state index contributed by atoms with van der Waals surface area (Å²) in [5, 5.41) is 6.70. The zero-order valence-corrected chi connectivity index (χ0v) is 19.8. The normalized spacial score (nSPS) is 14.9. The van der Waals surface area contributed by atoms with Crippen LogP contribution in [0.1, 0.15) is 18.1 Å². The average molecular weight is 496 g/mol. The number of aromatic nitrogens is 2. The Morgan fingerprint density at radius 3 is 2.83 bits per heavy atom. The number of rotatable bonds is 7. The van der Waals surface area contributed by atoms with Gasteiger partial charge < -0.3 is 24.4 Å². The van der Waals surface area contributed by atoms with Gasteiger partial charge in [-0.3, -0.25) is 4.79 Å². The molecule has 4 rings (SSSR count). The number of fused-ring (bicyclic) bond motifs is 1. The molecule has 0 unspecified atom stereocenters. The highest BCUT2D eigenvalue weighted by Crippen LogP contribution is 2.34. The molecule has 1 aliphatic heterocycles. The summed E-state index contributed by atoms with van der Waals surface area (Å²) in [5.74, 6) is -0.477. The standard InChI is InChI=1S/C25H25FN4O6/c1-3-34-23(31)15-35-19-7-8-22-21(11-19)29(2)24(32)20(14-36-22)28-25(33)30-13-17(12-27-30)9-16-5-4-6-18(26)10-16/h4-8,10-13,20H,3,9,14-15H2,1-2H3,(H,28,33)/t20-/m0/s1. The molecule has 0 radical (unpaired) electrons. The van der Waals surface area contributed by atoms with E-state index in [2.05, 4.69) is 10.4 Å². The molecular weight excluding hydrogens is 471 g/mol. The summed E-state index contributed by atoms with van der Waals surface area (Å²) in [6, 6.07) is 9.39. The van der Waals surface area contributed by atoms with E-state index in [9.17, 15) is 18.8 Å². The third-order valence-corrected chi connectivity index (χ3v) is 5.43. The lowest BCUT2D eigenvalue weighted by Crippen LogP contribution is -2.50. The van der Waals surface area contributed by atoms with E-state index < -0.39 is 23.9 Å². The predicted octanol–water partition coefficient (Wildman–Crippen LogP) is 2.54. The maximum atomic E-state index is 13.4. The molecule has 1 aliphatic rings. The largest absolute Gasteiger partial charge is 0.489 e. The molecule has 36 heavy (non-hydrogen) atoms. The number of halogens is 1. The molecule has 0 fully saturated rings. The highest BCUT2D eigenvalue weighted by molar-refractivity contribution is 6.00. The number of esters is 1. The minimum Gasteiger partial charge on any atom is -0.489 e. The van der Waals surface area contributed by atoms with E-state index in [0.717, 1.165) is 10.2 Å². The number of nitrogens with zero attached hydrogens (tertiary/aromatic N) is 3. The lowest BCUT2D eigenvalue weighted by atomic mass is 10.1. The number of hydrogen-bond acceptors (Lipinski definition) is 7. The lowest BCUT2D eigenvalue weighted by molar-refractivity contribution is -0.145. The highest BCUT2D eigenvalue weighted by Gasteiger charge is 2.31. The highest BCUT2D eigenvalue weighted by atomic mass is 19.1. The molecule has 1 atom stereocenters. The van der Waals surface area contributed by atoms with E-state index in [0.29, 0.717) is 29.2 Å². The van der Waals surface area contributed by atoms with Gasteiger partial charge in [0, 0.05) is 25.7 Å². The Labute approximate surface area is 206 Å². The van der Waals surface area contributed by atoms with E-state index in [1.807, 2.05) is 0 Å². The summed E-state index contributed by atoms with van der Waals surface area (Å²) in [4.78, 5) is 38.7. The van der Waals surface area contributed by atoms with Crippen molar-refractivity contribution in [1.29, 1.82) is 0 Å². The van der Waals surface area contributed by atoms with Crippen LogP contribution in [-0.2, 0) is 20.7 Å². The quantitative estimate of drug-likeness (QED) is 0.501. The summed E-state index contributed by atoms with van der Waals surface area (Å²) in [5.41, 5.74) is 1.88. The number of nitrogens with one attached hydrogen (secondary N) is 1. The van der Waals surface area contributed by atoms with Gasteiger partial charge in [0.15, 0.2) is 6.61 Å². The first kappa shape index (κ1) is 24.7. The monoisotopic (exact) mass is 496 g/mol. The summed E-state index contributed by atoms with van der Waals surface area (Å²) in [6.45, 7) is 1.58. The van der Waals surface area contributed by atoms with Gasteiger partial charge in [0.25, 0.3) is 5.91 Å². The van der Waals surface area contributed by atoms with Crippen LogP contribution in [0.5, 0.6) is 11.5 Å². The van der Waals surface area contributed by atoms with Gasteiger partial charge in [-0.15, -0.1) is 0 Å². The molecule has 0 bridgehead atoms. The van der Waals surface area contributed by atoms with Gasteiger partial charge in [0.2, 0.25) is 0 Å². The fraction of sp³-hybridized carbons (Fsp3) is 0.280. The van der Waals surface area contributed by atoms with Gasteiger partial charge in [-0.05, 0) is 42.3 Å². The molecule has 2 heterocycles. The Morgan fingerprint density at radius 2 is 2.06 bits per heavy atom. The lowest BCUT2D eigenvalue weighted by Gasteiger charge is -2.20. The van der Waals surface area contributed by atoms with Crippen molar-refractivity contribution in [1.82, 2.24) is 15.1 Å². The van der Waals surface area contributed by atoms with Crippen LogP contribution < -0.4 is 19.7 Å². The first-order chi connectivity index (χ1) is 17.3. The summed E-state index contributed by atoms with van der Waals surface area (Å²) in [6.07, 6.45) is 3.43. The van der Waals surface area contributed by atoms with Crippen molar-refractivity contribution in [2.45, 2.75) is 19.4 Å². The topological polar surface area (TPSA) is 112 Å². The number of likely N-dealkylation sites (N-methyl/N-ethyl adjacent to an activating group) is 1. The number of hydrogen-bond donors (Lipinski definition) is 1. The van der Waals surface area contributed by atoms with Crippen molar-refractivity contribution in [2.24, 2.45) is 0 Å². The van der Waals surface area contributed by atoms with Crippen LogP contribution in [0.15, 0.2) is 54.9 Å². The third-order valence-electron chi connectivity index (χ3n) is 5.43. The van der Waals surface area contributed by atoms with Gasteiger partial charge in [-0.2, -0.15) is 9.78 Å². The number of carbonyl (C=O) groups is 3. The van der Waals surface area contributed by atoms with E-state index in [1.54, 1.807) is 44.3 Å². The summed E-state index contributed by atoms with van der Waals surface area (Å²) >= 11 is 0. The Kier molecular flexibility index (Phi) is 7.47. The molecule has 188 valence electrons. The third kappa shape index (κ3) is 5.80. The number of ether oxygens (including phenoxy) is 3. The summed E-state index contributed by atoms with van der Waals surface area (Å²) < 4.78 is 30.6. The van der Waals surface area contributed by atoms with Crippen LogP contribution in [0, 0.1) is 5.82 Å². The van der Waals surface area contributed by atoms with E-state index >= 15 is 0 Å². The van der Waals surface area contributed by atoms with Crippen molar-refractivity contribution >= 4 is 23.6 Å². The minimum atomic E-state index is -0.977. The molecule has 0 saturated heterocycles. The van der Waals surface area contributed by atoms with Crippen LogP contribution in [0.3, 0.4) is 0 Å². The SMILES string of the molecule is CCOC(=O)COc1ccc2c(c1)N(C)C(=O)[C@@H](NC(=O)n1cc(Cc3cccc(F)c3)cn1)CO2. The van der Waals surface area contributed by atoms with Crippen molar-refractivity contribution in [2.75, 3.05) is 31.8 Å². The van der Waals surface area contributed by atoms with Gasteiger partial charge in [-0.1, -0.05) is 12.1 Å². The molecule has 2 aromatic carbocycles. The number of anilines is 1. The molecular formula is C25H25FN4O6. The second kappa shape index (κ2) is 10.9. The molecule has 2 amide bonds. The van der Waals surface area contributed by atoms with Crippen molar-refractivity contribution in [3.05, 3.63) is 71.8 Å². The van der Waals surface area contributed by atoms with E-state index in [4.69, 9.17) is 14.2 Å². The molecule has 0 aliphatic carbocycles. The second-order valence-corrected chi connectivity index (χ2v) is 8.03. The Bertz CT molecular complexity index is 1280. The van der Waals surface area contributed by atoms with Gasteiger partial charge in [0.1, 0.15) is 30.0 Å². The second-order valence-electron chi connectivity index (χ2n) is 8.03. The van der Waals surface area contributed by atoms with Crippen LogP contribution >= 0.6 is 0 Å². The smallest absolute Gasteiger partial charge is 0.344 e. The van der Waals surface area contributed by atoms with Crippen LogP contribution in [0.25, 0.3) is 0 Å². The van der Waals surface area contributed by atoms with Gasteiger partial charge in [-0.25, -0.2) is 14.0 Å². The molecule has 1 aromatic heterocycles. The fourth-order valence-corrected chi connectivity index (χ4v) is 3.68. The zero-order valence-electron chi connectivity index (χ0n) is 19.8. The molecule has 3 aromatic rings. The van der Waals surface area contributed by atoms with E-state index in [1.165, 1.54) is 29.4 Å². The number of carbonyl (C=O) groups excluding carboxylic acids is 3.